The highest BCUT2D eigenvalue weighted by Gasteiger charge is 2.16. The number of carbonyl (C=O) groups is 1. The zero-order chi connectivity index (χ0) is 9.80. The number of carbonyl (C=O) groups excluding carboxylic acids is 1. The van der Waals surface area contributed by atoms with Gasteiger partial charge in [-0.1, -0.05) is 5.16 Å². The number of rotatable bonds is 3. The summed E-state index contributed by atoms with van der Waals surface area (Å²) in [5.74, 6) is 1.34. The molecule has 1 N–H and O–H groups in total. The lowest BCUT2D eigenvalue weighted by Gasteiger charge is -2.20. The van der Waals surface area contributed by atoms with Crippen molar-refractivity contribution in [2.45, 2.75) is 19.3 Å². The van der Waals surface area contributed by atoms with Crippen LogP contribution in [0.4, 0.5) is 0 Å². The Morgan fingerprint density at radius 3 is 2.93 bits per heavy atom. The summed E-state index contributed by atoms with van der Waals surface area (Å²) >= 11 is 0. The number of hydrogen-bond acceptors (Lipinski definition) is 5. The molecule has 1 aliphatic heterocycles. The van der Waals surface area contributed by atoms with E-state index < -0.39 is 0 Å². The van der Waals surface area contributed by atoms with Gasteiger partial charge in [-0.3, -0.25) is 4.79 Å². The molecule has 0 atom stereocenters. The highest BCUT2D eigenvalue weighted by atomic mass is 16.5. The van der Waals surface area contributed by atoms with E-state index in [9.17, 15) is 4.79 Å². The molecule has 5 heteroatoms. The van der Waals surface area contributed by atoms with Crippen LogP contribution in [0.2, 0.25) is 0 Å². The molecule has 0 aliphatic carbocycles. The maximum absolute atomic E-state index is 10.3. The Labute approximate surface area is 81.9 Å². The molecule has 1 aliphatic rings. The van der Waals surface area contributed by atoms with Crippen molar-refractivity contribution >= 4 is 6.29 Å². The SMILES string of the molecule is O=Cc1noc(CC2CCNCC2)n1. The van der Waals surface area contributed by atoms with Crippen LogP contribution in [0.3, 0.4) is 0 Å². The summed E-state index contributed by atoms with van der Waals surface area (Å²) in [7, 11) is 0. The Hall–Kier alpha value is -1.23. The molecule has 76 valence electrons. The van der Waals surface area contributed by atoms with Gasteiger partial charge in [0.05, 0.1) is 0 Å². The summed E-state index contributed by atoms with van der Waals surface area (Å²) in [6.45, 7) is 2.11. The molecule has 2 rings (SSSR count). The highest BCUT2D eigenvalue weighted by Crippen LogP contribution is 2.16. The van der Waals surface area contributed by atoms with Crippen molar-refractivity contribution in [3.63, 3.8) is 0 Å². The van der Waals surface area contributed by atoms with E-state index in [1.54, 1.807) is 0 Å². The minimum atomic E-state index is 0.147. The van der Waals surface area contributed by atoms with Gasteiger partial charge in [0.25, 0.3) is 0 Å². The quantitative estimate of drug-likeness (QED) is 0.708. The second-order valence-corrected chi connectivity index (χ2v) is 3.56. The maximum atomic E-state index is 10.3. The summed E-state index contributed by atoms with van der Waals surface area (Å²) in [6.07, 6.45) is 3.68. The van der Waals surface area contributed by atoms with Gasteiger partial charge in [0.15, 0.2) is 6.29 Å². The smallest absolute Gasteiger partial charge is 0.235 e. The zero-order valence-corrected chi connectivity index (χ0v) is 7.90. The molecule has 2 heterocycles. The largest absolute Gasteiger partial charge is 0.339 e. The second kappa shape index (κ2) is 4.32. The van der Waals surface area contributed by atoms with Crippen LogP contribution in [0, 0.1) is 5.92 Å². The van der Waals surface area contributed by atoms with Gasteiger partial charge in [0, 0.05) is 6.42 Å². The van der Waals surface area contributed by atoms with Crippen LogP contribution in [0.5, 0.6) is 0 Å². The molecular weight excluding hydrogens is 182 g/mol. The van der Waals surface area contributed by atoms with E-state index in [1.807, 2.05) is 0 Å². The number of aldehydes is 1. The Morgan fingerprint density at radius 2 is 2.29 bits per heavy atom. The van der Waals surface area contributed by atoms with E-state index in [1.165, 1.54) is 0 Å². The van der Waals surface area contributed by atoms with Crippen LogP contribution < -0.4 is 5.32 Å². The third kappa shape index (κ3) is 2.17. The van der Waals surface area contributed by atoms with Gasteiger partial charge >= 0.3 is 0 Å². The number of aromatic nitrogens is 2. The summed E-state index contributed by atoms with van der Waals surface area (Å²) in [6, 6.07) is 0. The van der Waals surface area contributed by atoms with Gasteiger partial charge < -0.3 is 9.84 Å². The number of piperidine rings is 1. The third-order valence-electron chi connectivity index (χ3n) is 2.51. The normalized spacial score (nSPS) is 18.3. The van der Waals surface area contributed by atoms with Gasteiger partial charge in [-0.15, -0.1) is 0 Å². The molecule has 1 aromatic rings. The van der Waals surface area contributed by atoms with Gasteiger partial charge in [0.2, 0.25) is 11.7 Å². The third-order valence-corrected chi connectivity index (χ3v) is 2.51. The Kier molecular flexibility index (Phi) is 2.88. The van der Waals surface area contributed by atoms with Gasteiger partial charge in [-0.05, 0) is 31.8 Å². The molecule has 1 saturated heterocycles. The summed E-state index contributed by atoms with van der Waals surface area (Å²) in [5.41, 5.74) is 0. The monoisotopic (exact) mass is 195 g/mol. The highest BCUT2D eigenvalue weighted by molar-refractivity contribution is 5.68. The van der Waals surface area contributed by atoms with Crippen LogP contribution >= 0.6 is 0 Å². The predicted octanol–water partition coefficient (Wildman–Crippen LogP) is 0.424. The Morgan fingerprint density at radius 1 is 1.50 bits per heavy atom. The average molecular weight is 195 g/mol. The first-order chi connectivity index (χ1) is 6.88. The molecule has 0 aromatic carbocycles. The van der Waals surface area contributed by atoms with Crippen LogP contribution in [0.25, 0.3) is 0 Å². The molecule has 0 spiro atoms. The van der Waals surface area contributed by atoms with Crippen LogP contribution in [0.15, 0.2) is 4.52 Å². The van der Waals surface area contributed by atoms with Crippen molar-refractivity contribution in [1.29, 1.82) is 0 Å². The van der Waals surface area contributed by atoms with Crippen molar-refractivity contribution in [2.75, 3.05) is 13.1 Å². The fourth-order valence-corrected chi connectivity index (χ4v) is 1.73. The number of nitrogens with zero attached hydrogens (tertiary/aromatic N) is 2. The minimum Gasteiger partial charge on any atom is -0.339 e. The molecule has 0 radical (unpaired) electrons. The fraction of sp³-hybridized carbons (Fsp3) is 0.667. The minimum absolute atomic E-state index is 0.147. The molecule has 0 unspecified atom stereocenters. The molecule has 5 nitrogen and oxygen atoms in total. The molecule has 0 amide bonds. The first-order valence-electron chi connectivity index (χ1n) is 4.87. The lowest BCUT2D eigenvalue weighted by atomic mass is 9.95. The van der Waals surface area contributed by atoms with Crippen LogP contribution in [-0.4, -0.2) is 29.5 Å². The van der Waals surface area contributed by atoms with Gasteiger partial charge in [0.1, 0.15) is 0 Å². The van der Waals surface area contributed by atoms with Crippen molar-refractivity contribution in [3.05, 3.63) is 11.7 Å². The lowest BCUT2D eigenvalue weighted by molar-refractivity contribution is 0.111. The number of nitrogens with one attached hydrogen (secondary N) is 1. The Balaban J connectivity index is 1.92. The number of hydrogen-bond donors (Lipinski definition) is 1. The summed E-state index contributed by atoms with van der Waals surface area (Å²) < 4.78 is 4.95. The van der Waals surface area contributed by atoms with Gasteiger partial charge in [-0.2, -0.15) is 4.98 Å². The van der Waals surface area contributed by atoms with E-state index in [0.717, 1.165) is 32.4 Å². The zero-order valence-electron chi connectivity index (χ0n) is 7.90. The van der Waals surface area contributed by atoms with E-state index >= 15 is 0 Å². The summed E-state index contributed by atoms with van der Waals surface area (Å²) in [5, 5.41) is 6.82. The van der Waals surface area contributed by atoms with E-state index in [4.69, 9.17) is 4.52 Å². The molecule has 1 aromatic heterocycles. The summed E-state index contributed by atoms with van der Waals surface area (Å²) in [4.78, 5) is 14.3. The van der Waals surface area contributed by atoms with Crippen molar-refractivity contribution in [3.8, 4) is 0 Å². The molecular formula is C9H13N3O2. The van der Waals surface area contributed by atoms with E-state index in [2.05, 4.69) is 15.5 Å². The Bertz CT molecular complexity index is 305. The first-order valence-corrected chi connectivity index (χ1v) is 4.87. The van der Waals surface area contributed by atoms with Gasteiger partial charge in [-0.25, -0.2) is 0 Å². The second-order valence-electron chi connectivity index (χ2n) is 3.56. The van der Waals surface area contributed by atoms with E-state index in [-0.39, 0.29) is 5.82 Å². The average Bonchev–Trinajstić information content (AvgIpc) is 2.67. The molecule has 0 bridgehead atoms. The fourth-order valence-electron chi connectivity index (χ4n) is 1.73. The van der Waals surface area contributed by atoms with Crippen LogP contribution in [0.1, 0.15) is 29.4 Å². The maximum Gasteiger partial charge on any atom is 0.235 e. The molecule has 0 saturated carbocycles. The molecule has 14 heavy (non-hydrogen) atoms. The first kappa shape index (κ1) is 9.33. The van der Waals surface area contributed by atoms with E-state index in [0.29, 0.717) is 18.1 Å². The topological polar surface area (TPSA) is 68.0 Å². The van der Waals surface area contributed by atoms with Crippen molar-refractivity contribution < 1.29 is 9.32 Å². The van der Waals surface area contributed by atoms with Crippen molar-refractivity contribution in [1.82, 2.24) is 15.5 Å². The predicted molar refractivity (Wildman–Crippen MR) is 49.0 cm³/mol. The molecule has 1 fully saturated rings. The van der Waals surface area contributed by atoms with Crippen molar-refractivity contribution in [2.24, 2.45) is 5.92 Å². The standard InChI is InChI=1S/C9H13N3O2/c13-6-8-11-9(14-12-8)5-7-1-3-10-4-2-7/h6-7,10H,1-5H2. The lowest BCUT2D eigenvalue weighted by Crippen LogP contribution is -2.28. The van der Waals surface area contributed by atoms with Crippen LogP contribution in [-0.2, 0) is 6.42 Å².